The lowest BCUT2D eigenvalue weighted by atomic mass is 10.1. The van der Waals surface area contributed by atoms with E-state index in [2.05, 4.69) is 0 Å². The molecular formula is C15H14ClNO3. The van der Waals surface area contributed by atoms with Gasteiger partial charge in [-0.1, -0.05) is 24.4 Å². The van der Waals surface area contributed by atoms with Gasteiger partial charge in [0.1, 0.15) is 5.56 Å². The molecule has 1 fully saturated rings. The van der Waals surface area contributed by atoms with Crippen LogP contribution in [0.4, 0.5) is 0 Å². The number of halogens is 1. The molecule has 1 heterocycles. The maximum Gasteiger partial charge on any atom is 0.341 e. The summed E-state index contributed by atoms with van der Waals surface area (Å²) in [6, 6.07) is 5.21. The quantitative estimate of drug-likeness (QED) is 0.921. The highest BCUT2D eigenvalue weighted by Gasteiger charge is 2.21. The van der Waals surface area contributed by atoms with E-state index >= 15 is 0 Å². The van der Waals surface area contributed by atoms with Gasteiger partial charge < -0.3 is 9.67 Å². The molecule has 3 rings (SSSR count). The predicted molar refractivity (Wildman–Crippen MR) is 77.7 cm³/mol. The number of carbonyl (C=O) groups is 1. The Hall–Kier alpha value is -1.81. The number of hydrogen-bond donors (Lipinski definition) is 1. The van der Waals surface area contributed by atoms with E-state index in [0.717, 1.165) is 31.2 Å². The minimum absolute atomic E-state index is 0.174. The standard InChI is InChI=1S/C15H14ClNO3/c16-9-5-6-11-13(7-9)17(10-3-1-2-4-10)8-12(14(11)18)15(19)20/h5-8,10H,1-4H2,(H,19,20). The van der Waals surface area contributed by atoms with Crippen LogP contribution >= 0.6 is 11.6 Å². The van der Waals surface area contributed by atoms with Crippen LogP contribution in [0.25, 0.3) is 10.9 Å². The smallest absolute Gasteiger partial charge is 0.341 e. The molecule has 20 heavy (non-hydrogen) atoms. The summed E-state index contributed by atoms with van der Waals surface area (Å²) in [5.41, 5.74) is 0.101. The van der Waals surface area contributed by atoms with Gasteiger partial charge in [0.25, 0.3) is 0 Å². The normalized spacial score (nSPS) is 15.8. The SMILES string of the molecule is O=C(O)c1cn(C2CCCC2)c2cc(Cl)ccc2c1=O. The lowest BCUT2D eigenvalue weighted by Crippen LogP contribution is -2.20. The van der Waals surface area contributed by atoms with Crippen LogP contribution in [0.5, 0.6) is 0 Å². The largest absolute Gasteiger partial charge is 0.477 e. The number of benzene rings is 1. The van der Waals surface area contributed by atoms with E-state index in [1.54, 1.807) is 18.2 Å². The van der Waals surface area contributed by atoms with Crippen LogP contribution in [0.2, 0.25) is 5.02 Å². The average molecular weight is 292 g/mol. The molecule has 2 aromatic rings. The zero-order chi connectivity index (χ0) is 14.3. The lowest BCUT2D eigenvalue weighted by Gasteiger charge is -2.18. The highest BCUT2D eigenvalue weighted by Crippen LogP contribution is 2.32. The Balaban J connectivity index is 2.35. The van der Waals surface area contributed by atoms with Crippen molar-refractivity contribution in [1.29, 1.82) is 0 Å². The number of aromatic carboxylic acids is 1. The van der Waals surface area contributed by atoms with Crippen LogP contribution in [0.3, 0.4) is 0 Å². The first-order chi connectivity index (χ1) is 9.58. The molecule has 5 heteroatoms. The molecule has 104 valence electrons. The maximum absolute atomic E-state index is 12.2. The van der Waals surface area contributed by atoms with Crippen molar-refractivity contribution < 1.29 is 9.90 Å². The third-order valence-corrected chi connectivity index (χ3v) is 4.18. The first kappa shape index (κ1) is 13.2. The third-order valence-electron chi connectivity index (χ3n) is 3.94. The van der Waals surface area contributed by atoms with Crippen LogP contribution in [0.15, 0.2) is 29.2 Å². The fourth-order valence-electron chi connectivity index (χ4n) is 2.96. The Kier molecular flexibility index (Phi) is 3.26. The second kappa shape index (κ2) is 4.94. The topological polar surface area (TPSA) is 59.3 Å². The van der Waals surface area contributed by atoms with Crippen molar-refractivity contribution in [2.24, 2.45) is 0 Å². The second-order valence-electron chi connectivity index (χ2n) is 5.18. The summed E-state index contributed by atoms with van der Waals surface area (Å²) in [5, 5.41) is 10.2. The number of nitrogens with zero attached hydrogens (tertiary/aromatic N) is 1. The summed E-state index contributed by atoms with van der Waals surface area (Å²) in [4.78, 5) is 23.5. The number of carboxylic acid groups (broad SMARTS) is 1. The minimum atomic E-state index is -1.18. The molecular weight excluding hydrogens is 278 g/mol. The number of fused-ring (bicyclic) bond motifs is 1. The number of pyridine rings is 1. The fourth-order valence-corrected chi connectivity index (χ4v) is 3.13. The molecule has 1 aliphatic carbocycles. The third kappa shape index (κ3) is 2.10. The van der Waals surface area contributed by atoms with Crippen LogP contribution in [-0.2, 0) is 0 Å². The van der Waals surface area contributed by atoms with Gasteiger partial charge in [0.15, 0.2) is 0 Å². The van der Waals surface area contributed by atoms with Crippen molar-refractivity contribution in [3.05, 3.63) is 45.2 Å². The van der Waals surface area contributed by atoms with Gasteiger partial charge in [0.2, 0.25) is 5.43 Å². The van der Waals surface area contributed by atoms with Gasteiger partial charge in [-0.2, -0.15) is 0 Å². The Morgan fingerprint density at radius 1 is 1.30 bits per heavy atom. The Bertz CT molecular complexity index is 745. The molecule has 1 aromatic heterocycles. The van der Waals surface area contributed by atoms with E-state index in [1.807, 2.05) is 4.57 Å². The highest BCUT2D eigenvalue weighted by molar-refractivity contribution is 6.31. The van der Waals surface area contributed by atoms with Crippen LogP contribution in [0, 0.1) is 0 Å². The van der Waals surface area contributed by atoms with Gasteiger partial charge >= 0.3 is 5.97 Å². The number of aromatic nitrogens is 1. The molecule has 0 radical (unpaired) electrons. The van der Waals surface area contributed by atoms with Crippen molar-refractivity contribution in [3.63, 3.8) is 0 Å². The van der Waals surface area contributed by atoms with Crippen molar-refractivity contribution >= 4 is 28.5 Å². The first-order valence-electron chi connectivity index (χ1n) is 6.65. The first-order valence-corrected chi connectivity index (χ1v) is 7.03. The molecule has 4 nitrogen and oxygen atoms in total. The molecule has 0 spiro atoms. The summed E-state index contributed by atoms with van der Waals surface area (Å²) >= 11 is 6.02. The van der Waals surface area contributed by atoms with E-state index < -0.39 is 11.4 Å². The van der Waals surface area contributed by atoms with Crippen LogP contribution in [-0.4, -0.2) is 15.6 Å². The molecule has 0 aliphatic heterocycles. The zero-order valence-corrected chi connectivity index (χ0v) is 11.6. The van der Waals surface area contributed by atoms with Crippen molar-refractivity contribution in [1.82, 2.24) is 4.57 Å². The van der Waals surface area contributed by atoms with Gasteiger partial charge in [0.05, 0.1) is 5.52 Å². The monoisotopic (exact) mass is 291 g/mol. The van der Waals surface area contributed by atoms with Gasteiger partial charge in [-0.15, -0.1) is 0 Å². The zero-order valence-electron chi connectivity index (χ0n) is 10.8. The number of carboxylic acids is 1. The average Bonchev–Trinajstić information content (AvgIpc) is 2.92. The van der Waals surface area contributed by atoms with Gasteiger partial charge in [0, 0.05) is 22.6 Å². The Labute approximate surface area is 120 Å². The Morgan fingerprint density at radius 3 is 2.65 bits per heavy atom. The lowest BCUT2D eigenvalue weighted by molar-refractivity contribution is 0.0694. The number of rotatable bonds is 2. The van der Waals surface area contributed by atoms with Gasteiger partial charge in [-0.3, -0.25) is 4.79 Å². The summed E-state index contributed by atoms with van der Waals surface area (Å²) in [6.07, 6.45) is 5.73. The summed E-state index contributed by atoms with van der Waals surface area (Å²) in [5.74, 6) is -1.18. The molecule has 0 bridgehead atoms. The molecule has 0 atom stereocenters. The van der Waals surface area contributed by atoms with E-state index in [-0.39, 0.29) is 11.6 Å². The number of hydrogen-bond acceptors (Lipinski definition) is 2. The second-order valence-corrected chi connectivity index (χ2v) is 5.62. The van der Waals surface area contributed by atoms with Crippen molar-refractivity contribution in [2.75, 3.05) is 0 Å². The molecule has 1 aromatic carbocycles. The van der Waals surface area contributed by atoms with Crippen LogP contribution in [0.1, 0.15) is 42.1 Å². The summed E-state index contributed by atoms with van der Waals surface area (Å²) in [7, 11) is 0. The molecule has 1 N–H and O–H groups in total. The molecule has 0 amide bonds. The summed E-state index contributed by atoms with van der Waals surface area (Å²) in [6.45, 7) is 0. The Morgan fingerprint density at radius 2 is 2.00 bits per heavy atom. The van der Waals surface area contributed by atoms with E-state index in [4.69, 9.17) is 11.6 Å². The van der Waals surface area contributed by atoms with Gasteiger partial charge in [-0.25, -0.2) is 4.79 Å². The van der Waals surface area contributed by atoms with E-state index in [0.29, 0.717) is 10.4 Å². The van der Waals surface area contributed by atoms with Gasteiger partial charge in [-0.05, 0) is 31.0 Å². The minimum Gasteiger partial charge on any atom is -0.477 e. The predicted octanol–water partition coefficient (Wildman–Crippen LogP) is 3.47. The van der Waals surface area contributed by atoms with Crippen molar-refractivity contribution in [2.45, 2.75) is 31.7 Å². The van der Waals surface area contributed by atoms with E-state index in [1.165, 1.54) is 6.20 Å². The van der Waals surface area contributed by atoms with Crippen LogP contribution < -0.4 is 5.43 Å². The molecule has 1 saturated carbocycles. The van der Waals surface area contributed by atoms with E-state index in [9.17, 15) is 14.7 Å². The van der Waals surface area contributed by atoms with Crippen molar-refractivity contribution in [3.8, 4) is 0 Å². The maximum atomic E-state index is 12.2. The highest BCUT2D eigenvalue weighted by atomic mass is 35.5. The molecule has 0 unspecified atom stereocenters. The fraction of sp³-hybridized carbons (Fsp3) is 0.333. The molecule has 1 aliphatic rings. The summed E-state index contributed by atoms with van der Waals surface area (Å²) < 4.78 is 1.92. The molecule has 0 saturated heterocycles.